The summed E-state index contributed by atoms with van der Waals surface area (Å²) in [4.78, 5) is 33.6. The number of morpholine rings is 1. The zero-order chi connectivity index (χ0) is 28.8. The zero-order valence-corrected chi connectivity index (χ0v) is 24.4. The minimum absolute atomic E-state index is 0.0411. The summed E-state index contributed by atoms with van der Waals surface area (Å²) in [7, 11) is 0. The highest BCUT2D eigenvalue weighted by Gasteiger charge is 2.21. The van der Waals surface area contributed by atoms with Crippen LogP contribution in [0.2, 0.25) is 0 Å². The van der Waals surface area contributed by atoms with Crippen LogP contribution in [0.4, 0.5) is 0 Å². The number of carbonyl (C=O) groups is 1. The molecule has 0 spiro atoms. The number of carbonyl (C=O) groups excluding carboxylic acids is 1. The number of hydrogen-bond donors (Lipinski definition) is 0. The summed E-state index contributed by atoms with van der Waals surface area (Å²) in [6.07, 6.45) is 1.67. The maximum absolute atomic E-state index is 13.8. The van der Waals surface area contributed by atoms with E-state index in [2.05, 4.69) is 15.9 Å². The van der Waals surface area contributed by atoms with E-state index in [4.69, 9.17) is 19.2 Å². The summed E-state index contributed by atoms with van der Waals surface area (Å²) in [5, 5.41) is 6.97. The van der Waals surface area contributed by atoms with Crippen LogP contribution in [0.1, 0.15) is 11.3 Å². The number of amides is 1. The average molecular weight is 624 g/mol. The molecule has 0 saturated carbocycles. The molecular weight excluding hydrogens is 598 g/mol. The van der Waals surface area contributed by atoms with E-state index in [9.17, 15) is 9.59 Å². The first-order valence-electron chi connectivity index (χ1n) is 13.7. The van der Waals surface area contributed by atoms with E-state index in [1.165, 1.54) is 4.68 Å². The van der Waals surface area contributed by atoms with Crippen molar-refractivity contribution in [3.05, 3.63) is 98.9 Å². The molecule has 0 unspecified atom stereocenters. The zero-order valence-electron chi connectivity index (χ0n) is 22.8. The molecule has 0 aliphatic carbocycles. The third-order valence-corrected chi connectivity index (χ3v) is 8.18. The predicted octanol–water partition coefficient (Wildman–Crippen LogP) is 5.58. The first-order chi connectivity index (χ1) is 20.5. The number of halogens is 1. The maximum atomic E-state index is 13.8. The maximum Gasteiger partial charge on any atom is 0.282 e. The van der Waals surface area contributed by atoms with Gasteiger partial charge in [0.05, 0.1) is 30.3 Å². The lowest BCUT2D eigenvalue weighted by Crippen LogP contribution is -2.42. The summed E-state index contributed by atoms with van der Waals surface area (Å²) in [5.41, 5.74) is 3.54. The molecular formula is C32H26BrN5O4. The molecule has 210 valence electrons. The SMILES string of the molecule is Cc1c(C=Nn2c(-c3cc4cc(Br)ccc4o3)nc3ccccc3c2=O)c2ccccc2n1CC(=O)N1CCOCC1. The van der Waals surface area contributed by atoms with E-state index in [0.717, 1.165) is 32.0 Å². The van der Waals surface area contributed by atoms with Gasteiger partial charge in [-0.3, -0.25) is 9.59 Å². The standard InChI is InChI=1S/C32H26BrN5O4/c1-20-25(23-6-3-5-9-27(23)37(20)19-30(39)36-12-14-41-15-13-36)18-34-38-31(35-26-8-4-2-7-24(26)32(38)40)29-17-21-16-22(33)10-11-28(21)42-29/h2-11,16-18H,12-15,19H2,1H3. The van der Waals surface area contributed by atoms with Crippen LogP contribution in [-0.2, 0) is 16.1 Å². The fourth-order valence-corrected chi connectivity index (χ4v) is 5.88. The normalized spacial score (nSPS) is 14.1. The Morgan fingerprint density at radius 1 is 1.02 bits per heavy atom. The van der Waals surface area contributed by atoms with Gasteiger partial charge in [-0.25, -0.2) is 4.98 Å². The summed E-state index contributed by atoms with van der Waals surface area (Å²) >= 11 is 3.51. The van der Waals surface area contributed by atoms with E-state index >= 15 is 0 Å². The number of hydrogen-bond acceptors (Lipinski definition) is 6. The van der Waals surface area contributed by atoms with E-state index in [0.29, 0.717) is 54.4 Å². The van der Waals surface area contributed by atoms with Gasteiger partial charge in [0.1, 0.15) is 12.1 Å². The average Bonchev–Trinajstić information content (AvgIpc) is 3.55. The van der Waals surface area contributed by atoms with Gasteiger partial charge in [-0.15, -0.1) is 0 Å². The highest BCUT2D eigenvalue weighted by molar-refractivity contribution is 9.10. The number of aromatic nitrogens is 3. The van der Waals surface area contributed by atoms with Gasteiger partial charge in [0.25, 0.3) is 5.56 Å². The minimum Gasteiger partial charge on any atom is -0.453 e. The second-order valence-electron chi connectivity index (χ2n) is 10.2. The number of rotatable bonds is 5. The van der Waals surface area contributed by atoms with Crippen LogP contribution >= 0.6 is 15.9 Å². The number of nitrogens with zero attached hydrogens (tertiary/aromatic N) is 5. The molecule has 6 aromatic rings. The minimum atomic E-state index is -0.308. The molecule has 7 rings (SSSR count). The number of benzene rings is 3. The van der Waals surface area contributed by atoms with Crippen molar-refractivity contribution >= 4 is 60.8 Å². The first-order valence-corrected chi connectivity index (χ1v) is 14.5. The van der Waals surface area contributed by atoms with Crippen LogP contribution in [0.15, 0.2) is 91.6 Å². The molecule has 1 aliphatic rings. The molecule has 0 bridgehead atoms. The number of furan rings is 1. The van der Waals surface area contributed by atoms with Crippen LogP contribution in [-0.4, -0.2) is 57.6 Å². The molecule has 42 heavy (non-hydrogen) atoms. The largest absolute Gasteiger partial charge is 0.453 e. The van der Waals surface area contributed by atoms with Gasteiger partial charge in [0, 0.05) is 45.1 Å². The number of ether oxygens (including phenoxy) is 1. The summed E-state index contributed by atoms with van der Waals surface area (Å²) in [6.45, 7) is 4.45. The van der Waals surface area contributed by atoms with Crippen molar-refractivity contribution in [3.63, 3.8) is 0 Å². The molecule has 0 atom stereocenters. The Bertz CT molecular complexity index is 2080. The molecule has 10 heteroatoms. The molecule has 1 amide bonds. The molecule has 0 radical (unpaired) electrons. The quantitative estimate of drug-likeness (QED) is 0.234. The van der Waals surface area contributed by atoms with Gasteiger partial charge in [-0.05, 0) is 49.4 Å². The van der Waals surface area contributed by atoms with Crippen LogP contribution in [0.25, 0.3) is 44.4 Å². The fourth-order valence-electron chi connectivity index (χ4n) is 5.50. The second kappa shape index (κ2) is 10.7. The molecule has 3 aromatic heterocycles. The Hall–Kier alpha value is -4.54. The Morgan fingerprint density at radius 3 is 2.62 bits per heavy atom. The Kier molecular flexibility index (Phi) is 6.72. The molecule has 1 fully saturated rings. The Labute approximate surface area is 248 Å². The lowest BCUT2D eigenvalue weighted by atomic mass is 10.1. The van der Waals surface area contributed by atoms with Crippen LogP contribution in [0, 0.1) is 6.92 Å². The van der Waals surface area contributed by atoms with Crippen LogP contribution in [0.5, 0.6) is 0 Å². The van der Waals surface area contributed by atoms with E-state index < -0.39 is 0 Å². The molecule has 1 saturated heterocycles. The first kappa shape index (κ1) is 26.4. The van der Waals surface area contributed by atoms with Gasteiger partial charge in [0.2, 0.25) is 11.7 Å². The highest BCUT2D eigenvalue weighted by atomic mass is 79.9. The van der Waals surface area contributed by atoms with Crippen molar-refractivity contribution < 1.29 is 13.9 Å². The van der Waals surface area contributed by atoms with Crippen molar-refractivity contribution in [3.8, 4) is 11.6 Å². The smallest absolute Gasteiger partial charge is 0.282 e. The van der Waals surface area contributed by atoms with Gasteiger partial charge in [-0.2, -0.15) is 9.78 Å². The lowest BCUT2D eigenvalue weighted by Gasteiger charge is -2.27. The van der Waals surface area contributed by atoms with Gasteiger partial charge < -0.3 is 18.6 Å². The summed E-state index contributed by atoms with van der Waals surface area (Å²) < 4.78 is 15.8. The molecule has 1 aliphatic heterocycles. The van der Waals surface area contributed by atoms with Crippen molar-refractivity contribution in [1.29, 1.82) is 0 Å². The second-order valence-corrected chi connectivity index (χ2v) is 11.1. The molecule has 4 heterocycles. The fraction of sp³-hybridized carbons (Fsp3) is 0.188. The van der Waals surface area contributed by atoms with Crippen LogP contribution in [0.3, 0.4) is 0 Å². The predicted molar refractivity (Wildman–Crippen MR) is 166 cm³/mol. The Morgan fingerprint density at radius 2 is 1.79 bits per heavy atom. The summed E-state index contributed by atoms with van der Waals surface area (Å²) in [5.74, 6) is 0.768. The van der Waals surface area contributed by atoms with E-state index in [1.807, 2.05) is 71.0 Å². The number of para-hydroxylation sites is 2. The Balaban J connectivity index is 1.35. The lowest BCUT2D eigenvalue weighted by molar-refractivity contribution is -0.135. The van der Waals surface area contributed by atoms with Gasteiger partial charge in [0.15, 0.2) is 5.76 Å². The molecule has 0 N–H and O–H groups in total. The van der Waals surface area contributed by atoms with Gasteiger partial charge >= 0.3 is 0 Å². The highest BCUT2D eigenvalue weighted by Crippen LogP contribution is 2.30. The van der Waals surface area contributed by atoms with E-state index in [-0.39, 0.29) is 18.0 Å². The third kappa shape index (κ3) is 4.62. The molecule has 9 nitrogen and oxygen atoms in total. The summed E-state index contributed by atoms with van der Waals surface area (Å²) in [6, 6.07) is 22.7. The third-order valence-electron chi connectivity index (χ3n) is 7.69. The van der Waals surface area contributed by atoms with Crippen molar-refractivity contribution in [2.75, 3.05) is 26.3 Å². The van der Waals surface area contributed by atoms with Crippen molar-refractivity contribution in [1.82, 2.24) is 19.1 Å². The van der Waals surface area contributed by atoms with Gasteiger partial charge in [-0.1, -0.05) is 46.3 Å². The van der Waals surface area contributed by atoms with Crippen molar-refractivity contribution in [2.45, 2.75) is 13.5 Å². The topological polar surface area (TPSA) is 94.9 Å². The van der Waals surface area contributed by atoms with Crippen molar-refractivity contribution in [2.24, 2.45) is 5.10 Å². The number of fused-ring (bicyclic) bond motifs is 3. The molecule has 3 aromatic carbocycles. The van der Waals surface area contributed by atoms with E-state index in [1.54, 1.807) is 24.4 Å². The monoisotopic (exact) mass is 623 g/mol. The van der Waals surface area contributed by atoms with Crippen LogP contribution < -0.4 is 5.56 Å².